The molecule has 10 heteroatoms. The molecule has 4 aromatic rings. The lowest BCUT2D eigenvalue weighted by molar-refractivity contribution is -0.147. The van der Waals surface area contributed by atoms with Gasteiger partial charge in [0, 0.05) is 28.7 Å². The van der Waals surface area contributed by atoms with Crippen molar-refractivity contribution in [2.75, 3.05) is 39.6 Å². The van der Waals surface area contributed by atoms with E-state index in [1.807, 2.05) is 36.4 Å². The average molecular weight is 578 g/mol. The second kappa shape index (κ2) is 14.5. The molecule has 0 amide bonds. The first-order valence-corrected chi connectivity index (χ1v) is 13.9. The molecule has 3 aromatic carbocycles. The van der Waals surface area contributed by atoms with E-state index in [4.69, 9.17) is 28.4 Å². The molecule has 212 valence electrons. The SMILES string of the molecule is C=COCCOC(=O)COc1ccc(-[s+]2c3ccccc3c(=O)c3cc(OCC(=O)OCCOC=C)ccc32)cc1. The standard InChI is InChI=1S/C31H29O9S/c1-3-35-15-17-37-29(32)20-39-22-9-12-24(13-10-22)41-27-8-6-5-7-25(27)31(34)26-19-23(11-14-28(26)41)40-21-30(33)38-18-16-36-4-2/h3-14,19H,1-2,15-18,20-21H2/q+1. The van der Waals surface area contributed by atoms with E-state index < -0.39 is 22.4 Å². The molecule has 0 aliphatic carbocycles. The van der Waals surface area contributed by atoms with Crippen molar-refractivity contribution in [3.8, 4) is 16.4 Å². The Labute approximate surface area is 239 Å². The van der Waals surface area contributed by atoms with Crippen molar-refractivity contribution in [1.82, 2.24) is 0 Å². The van der Waals surface area contributed by atoms with E-state index in [2.05, 4.69) is 13.2 Å². The smallest absolute Gasteiger partial charge is 0.344 e. The topological polar surface area (TPSA) is 107 Å². The first-order valence-electron chi connectivity index (χ1n) is 12.7. The van der Waals surface area contributed by atoms with Gasteiger partial charge in [0.25, 0.3) is 0 Å². The van der Waals surface area contributed by atoms with Gasteiger partial charge in [-0.2, -0.15) is 0 Å². The van der Waals surface area contributed by atoms with E-state index in [0.29, 0.717) is 22.3 Å². The normalized spacial score (nSPS) is 11.0. The molecule has 0 radical (unpaired) electrons. The van der Waals surface area contributed by atoms with Crippen LogP contribution in [0.25, 0.3) is 25.1 Å². The number of ether oxygens (including phenoxy) is 6. The third kappa shape index (κ3) is 7.64. The van der Waals surface area contributed by atoms with Crippen molar-refractivity contribution in [1.29, 1.82) is 0 Å². The van der Waals surface area contributed by atoms with Gasteiger partial charge in [-0.1, -0.05) is 25.3 Å². The number of carbonyl (C=O) groups is 2. The summed E-state index contributed by atoms with van der Waals surface area (Å²) >= 11 is 0. The quantitative estimate of drug-likeness (QED) is 0.0615. The van der Waals surface area contributed by atoms with Gasteiger partial charge >= 0.3 is 11.9 Å². The van der Waals surface area contributed by atoms with E-state index >= 15 is 0 Å². The molecule has 0 fully saturated rings. The summed E-state index contributed by atoms with van der Waals surface area (Å²) in [6.45, 7) is 6.92. The van der Waals surface area contributed by atoms with Gasteiger partial charge < -0.3 is 28.4 Å². The predicted molar refractivity (Wildman–Crippen MR) is 157 cm³/mol. The number of carbonyl (C=O) groups excluding carboxylic acids is 2. The van der Waals surface area contributed by atoms with Gasteiger partial charge in [0.05, 0.1) is 23.3 Å². The van der Waals surface area contributed by atoms with E-state index in [1.165, 1.54) is 12.5 Å². The van der Waals surface area contributed by atoms with E-state index in [1.54, 1.807) is 30.3 Å². The molecule has 4 rings (SSSR count). The van der Waals surface area contributed by atoms with Crippen molar-refractivity contribution >= 4 is 42.6 Å². The number of hydrogen-bond acceptors (Lipinski definition) is 9. The van der Waals surface area contributed by atoms with Gasteiger partial charge in [-0.3, -0.25) is 4.79 Å². The minimum atomic E-state index is -0.593. The zero-order valence-electron chi connectivity index (χ0n) is 22.2. The number of benzene rings is 3. The second-order valence-electron chi connectivity index (χ2n) is 8.35. The molecule has 1 unspecified atom stereocenters. The Morgan fingerprint density at radius 3 is 1.88 bits per heavy atom. The first-order chi connectivity index (χ1) is 20.0. The zero-order chi connectivity index (χ0) is 29.0. The van der Waals surface area contributed by atoms with Crippen LogP contribution >= 0.6 is 10.5 Å². The Hall–Kier alpha value is -4.83. The summed E-state index contributed by atoms with van der Waals surface area (Å²) in [7, 11) is -0.593. The fraction of sp³-hybridized carbons (Fsp3) is 0.194. The summed E-state index contributed by atoms with van der Waals surface area (Å²) in [6.07, 6.45) is 2.55. The summed E-state index contributed by atoms with van der Waals surface area (Å²) in [5.41, 5.74) is -0.120. The monoisotopic (exact) mass is 577 g/mol. The van der Waals surface area contributed by atoms with Crippen molar-refractivity contribution < 1.29 is 38.0 Å². The molecule has 1 aromatic heterocycles. The Morgan fingerprint density at radius 1 is 0.683 bits per heavy atom. The van der Waals surface area contributed by atoms with Gasteiger partial charge in [0.15, 0.2) is 27.5 Å². The molecule has 0 aliphatic rings. The molecule has 1 heterocycles. The van der Waals surface area contributed by atoms with Crippen molar-refractivity contribution in [3.63, 3.8) is 0 Å². The van der Waals surface area contributed by atoms with Gasteiger partial charge in [-0.15, -0.1) is 0 Å². The highest BCUT2D eigenvalue weighted by Gasteiger charge is 2.23. The van der Waals surface area contributed by atoms with Crippen LogP contribution in [0.4, 0.5) is 0 Å². The highest BCUT2D eigenvalue weighted by Crippen LogP contribution is 2.44. The van der Waals surface area contributed by atoms with Crippen LogP contribution in [0.1, 0.15) is 0 Å². The van der Waals surface area contributed by atoms with Gasteiger partial charge in [0.2, 0.25) is 5.43 Å². The van der Waals surface area contributed by atoms with Crippen LogP contribution < -0.4 is 14.9 Å². The van der Waals surface area contributed by atoms with Crippen LogP contribution in [-0.2, 0) is 28.5 Å². The maximum atomic E-state index is 13.5. The molecular weight excluding hydrogens is 548 g/mol. The fourth-order valence-electron chi connectivity index (χ4n) is 3.92. The first kappa shape index (κ1) is 29.2. The molecular formula is C31H29O9S+. The lowest BCUT2D eigenvalue weighted by atomic mass is 10.2. The van der Waals surface area contributed by atoms with Crippen LogP contribution in [0.15, 0.2) is 97.2 Å². The van der Waals surface area contributed by atoms with Crippen LogP contribution in [-0.4, -0.2) is 51.6 Å². The van der Waals surface area contributed by atoms with E-state index in [0.717, 1.165) is 14.3 Å². The molecule has 41 heavy (non-hydrogen) atoms. The van der Waals surface area contributed by atoms with Crippen molar-refractivity contribution in [3.05, 3.63) is 103 Å². The Kier molecular flexibility index (Phi) is 10.3. The minimum Gasteiger partial charge on any atom is -0.498 e. The second-order valence-corrected chi connectivity index (χ2v) is 10.3. The molecule has 0 N–H and O–H groups in total. The average Bonchev–Trinajstić information content (AvgIpc) is 3.00. The molecule has 0 saturated carbocycles. The molecule has 0 saturated heterocycles. The van der Waals surface area contributed by atoms with Gasteiger partial charge in [-0.05, 0) is 36.4 Å². The van der Waals surface area contributed by atoms with Crippen LogP contribution in [0.3, 0.4) is 0 Å². The van der Waals surface area contributed by atoms with E-state index in [-0.39, 0.29) is 45.1 Å². The van der Waals surface area contributed by atoms with Crippen molar-refractivity contribution in [2.45, 2.75) is 0 Å². The number of rotatable bonds is 15. The molecule has 0 spiro atoms. The third-order valence-electron chi connectivity index (χ3n) is 5.70. The minimum absolute atomic E-state index is 0.0793. The van der Waals surface area contributed by atoms with E-state index in [9.17, 15) is 14.4 Å². The van der Waals surface area contributed by atoms with Crippen LogP contribution in [0, 0.1) is 0 Å². The predicted octanol–water partition coefficient (Wildman–Crippen LogP) is 5.26. The summed E-state index contributed by atoms with van der Waals surface area (Å²) in [6, 6.07) is 20.1. The highest BCUT2D eigenvalue weighted by molar-refractivity contribution is 7.49. The lowest BCUT2D eigenvalue weighted by Gasteiger charge is -2.09. The summed E-state index contributed by atoms with van der Waals surface area (Å²) in [5.74, 6) is -0.176. The molecule has 0 bridgehead atoms. The highest BCUT2D eigenvalue weighted by atomic mass is 32.2. The number of fused-ring (bicyclic) bond motifs is 2. The zero-order valence-corrected chi connectivity index (χ0v) is 23.1. The Morgan fingerprint density at radius 2 is 1.24 bits per heavy atom. The largest absolute Gasteiger partial charge is 0.498 e. The summed E-state index contributed by atoms with van der Waals surface area (Å²) < 4.78 is 32.8. The molecule has 0 aliphatic heterocycles. The third-order valence-corrected chi connectivity index (χ3v) is 8.04. The summed E-state index contributed by atoms with van der Waals surface area (Å²) in [4.78, 5) is 38.3. The Bertz CT molecular complexity index is 1590. The van der Waals surface area contributed by atoms with Crippen LogP contribution in [0.5, 0.6) is 11.5 Å². The van der Waals surface area contributed by atoms with Crippen LogP contribution in [0.2, 0.25) is 0 Å². The maximum absolute atomic E-state index is 13.5. The summed E-state index contributed by atoms with van der Waals surface area (Å²) in [5, 5.41) is 1.10. The molecule has 9 nitrogen and oxygen atoms in total. The van der Waals surface area contributed by atoms with Crippen molar-refractivity contribution in [2.24, 2.45) is 0 Å². The number of esters is 2. The number of hydrogen-bond donors (Lipinski definition) is 0. The lowest BCUT2D eigenvalue weighted by Crippen LogP contribution is -2.17. The fourth-order valence-corrected chi connectivity index (χ4v) is 6.24. The molecule has 1 atom stereocenters. The van der Waals surface area contributed by atoms with Gasteiger partial charge in [0.1, 0.15) is 37.9 Å². The Balaban J connectivity index is 1.55. The maximum Gasteiger partial charge on any atom is 0.344 e. The van der Waals surface area contributed by atoms with Gasteiger partial charge in [-0.25, -0.2) is 9.59 Å².